The molecule has 21 heavy (non-hydrogen) atoms. The molecule has 1 aromatic rings. The van der Waals surface area contributed by atoms with E-state index in [1.165, 1.54) is 12.1 Å². The predicted molar refractivity (Wildman–Crippen MR) is 74.1 cm³/mol. The lowest BCUT2D eigenvalue weighted by molar-refractivity contribution is -0.140. The zero-order valence-electron chi connectivity index (χ0n) is 11.7. The highest BCUT2D eigenvalue weighted by atomic mass is 19.4. The van der Waals surface area contributed by atoms with Gasteiger partial charge in [0.1, 0.15) is 5.82 Å². The zero-order valence-corrected chi connectivity index (χ0v) is 11.7. The quantitative estimate of drug-likeness (QED) is 0.595. The Kier molecular flexibility index (Phi) is 5.04. The van der Waals surface area contributed by atoms with Crippen molar-refractivity contribution in [2.45, 2.75) is 50.7 Å². The van der Waals surface area contributed by atoms with Gasteiger partial charge >= 0.3 is 6.18 Å². The number of rotatable bonds is 2. The number of alkyl halides is 3. The first-order chi connectivity index (χ1) is 9.91. The normalized spacial score (nSPS) is 21.1. The molecular formula is C16H19F4N. The first-order valence-corrected chi connectivity index (χ1v) is 7.21. The molecule has 0 radical (unpaired) electrons. The van der Waals surface area contributed by atoms with E-state index in [4.69, 9.17) is 5.73 Å². The molecule has 0 bridgehead atoms. The molecule has 0 amide bonds. The number of allylic oxidation sites excluding steroid dienone is 1. The highest BCUT2D eigenvalue weighted by molar-refractivity contribution is 5.34. The second-order valence-corrected chi connectivity index (χ2v) is 5.42. The first kappa shape index (κ1) is 16.0. The van der Waals surface area contributed by atoms with Crippen LogP contribution in [0.1, 0.15) is 55.7 Å². The van der Waals surface area contributed by atoms with E-state index >= 15 is 0 Å². The Bertz CT molecular complexity index is 519. The van der Waals surface area contributed by atoms with Gasteiger partial charge in [-0.3, -0.25) is 0 Å². The second-order valence-electron chi connectivity index (χ2n) is 5.42. The highest BCUT2D eigenvalue weighted by Gasteiger charge is 2.35. The maximum atomic E-state index is 14.1. The van der Waals surface area contributed by atoms with Gasteiger partial charge in [0.15, 0.2) is 0 Å². The van der Waals surface area contributed by atoms with E-state index in [0.717, 1.165) is 50.2 Å². The summed E-state index contributed by atoms with van der Waals surface area (Å²) >= 11 is 0. The van der Waals surface area contributed by atoms with E-state index in [2.05, 4.69) is 0 Å². The van der Waals surface area contributed by atoms with Crippen LogP contribution in [0.5, 0.6) is 0 Å². The van der Waals surface area contributed by atoms with Crippen LogP contribution in [0.15, 0.2) is 29.8 Å². The van der Waals surface area contributed by atoms with E-state index in [-0.39, 0.29) is 5.56 Å². The van der Waals surface area contributed by atoms with Crippen molar-refractivity contribution in [3.63, 3.8) is 0 Å². The number of nitrogens with two attached hydrogens (primary N) is 1. The van der Waals surface area contributed by atoms with Crippen LogP contribution in [0.25, 0.3) is 0 Å². The Labute approximate surface area is 121 Å². The van der Waals surface area contributed by atoms with Crippen molar-refractivity contribution in [2.24, 2.45) is 5.73 Å². The fourth-order valence-corrected chi connectivity index (χ4v) is 2.71. The molecule has 5 heteroatoms. The molecular weight excluding hydrogens is 282 g/mol. The summed E-state index contributed by atoms with van der Waals surface area (Å²) in [5, 5.41) is 0. The van der Waals surface area contributed by atoms with Crippen molar-refractivity contribution in [3.8, 4) is 0 Å². The van der Waals surface area contributed by atoms with Gasteiger partial charge in [-0.1, -0.05) is 36.6 Å². The standard InChI is InChI=1S/C16H19F4N/c17-14-12(9-6-10-13(14)16(18,19)20)15(21)11-7-4-2-1-3-5-8-11/h6-7,9-10,15H,1-5,8,21H2/b11-7+. The average molecular weight is 301 g/mol. The Morgan fingerprint density at radius 3 is 2.48 bits per heavy atom. The Hall–Kier alpha value is -1.36. The molecule has 0 aliphatic heterocycles. The molecule has 1 aliphatic carbocycles. The zero-order chi connectivity index (χ0) is 15.5. The Morgan fingerprint density at radius 2 is 1.76 bits per heavy atom. The molecule has 1 atom stereocenters. The number of hydrogen-bond donors (Lipinski definition) is 1. The molecule has 1 aliphatic rings. The van der Waals surface area contributed by atoms with Crippen molar-refractivity contribution in [3.05, 3.63) is 46.8 Å². The average Bonchev–Trinajstić information content (AvgIpc) is 2.36. The molecule has 2 rings (SSSR count). The number of benzene rings is 1. The largest absolute Gasteiger partial charge is 0.419 e. The number of hydrogen-bond acceptors (Lipinski definition) is 1. The highest BCUT2D eigenvalue weighted by Crippen LogP contribution is 2.35. The van der Waals surface area contributed by atoms with E-state index in [1.54, 1.807) is 0 Å². The summed E-state index contributed by atoms with van der Waals surface area (Å²) in [4.78, 5) is 0. The minimum atomic E-state index is -4.70. The Morgan fingerprint density at radius 1 is 1.05 bits per heavy atom. The van der Waals surface area contributed by atoms with Gasteiger partial charge in [-0.05, 0) is 31.7 Å². The third-order valence-electron chi connectivity index (χ3n) is 3.89. The van der Waals surface area contributed by atoms with Gasteiger partial charge in [0.2, 0.25) is 0 Å². The summed E-state index contributed by atoms with van der Waals surface area (Å²) in [6.45, 7) is 0. The fourth-order valence-electron chi connectivity index (χ4n) is 2.71. The van der Waals surface area contributed by atoms with Crippen molar-refractivity contribution < 1.29 is 17.6 Å². The summed E-state index contributed by atoms with van der Waals surface area (Å²) in [7, 11) is 0. The van der Waals surface area contributed by atoms with Crippen LogP contribution in [0, 0.1) is 5.82 Å². The van der Waals surface area contributed by atoms with Gasteiger partial charge in [-0.25, -0.2) is 4.39 Å². The molecule has 116 valence electrons. The third-order valence-corrected chi connectivity index (χ3v) is 3.89. The van der Waals surface area contributed by atoms with Gasteiger partial charge in [0.05, 0.1) is 11.6 Å². The summed E-state index contributed by atoms with van der Waals surface area (Å²) in [6, 6.07) is 2.50. The van der Waals surface area contributed by atoms with Crippen molar-refractivity contribution >= 4 is 0 Å². The van der Waals surface area contributed by atoms with Crippen molar-refractivity contribution in [2.75, 3.05) is 0 Å². The molecule has 1 nitrogen and oxygen atoms in total. The van der Waals surface area contributed by atoms with Crippen LogP contribution in [-0.4, -0.2) is 0 Å². The van der Waals surface area contributed by atoms with Crippen LogP contribution >= 0.6 is 0 Å². The minimum Gasteiger partial charge on any atom is -0.320 e. The van der Waals surface area contributed by atoms with Crippen LogP contribution in [-0.2, 0) is 6.18 Å². The van der Waals surface area contributed by atoms with E-state index < -0.39 is 23.6 Å². The minimum absolute atomic E-state index is 0.0725. The lowest BCUT2D eigenvalue weighted by Gasteiger charge is -2.20. The lowest BCUT2D eigenvalue weighted by atomic mass is 9.90. The smallest absolute Gasteiger partial charge is 0.320 e. The molecule has 0 aromatic heterocycles. The van der Waals surface area contributed by atoms with E-state index in [0.29, 0.717) is 0 Å². The summed E-state index contributed by atoms with van der Waals surface area (Å²) < 4.78 is 52.4. The SMILES string of the molecule is NC(/C1=C/CCCCCC1)c1cccc(C(F)(F)F)c1F. The van der Waals surface area contributed by atoms with Crippen LogP contribution in [0.2, 0.25) is 0 Å². The molecule has 0 saturated carbocycles. The monoisotopic (exact) mass is 301 g/mol. The molecule has 0 spiro atoms. The van der Waals surface area contributed by atoms with E-state index in [1.807, 2.05) is 6.08 Å². The maximum absolute atomic E-state index is 14.1. The molecule has 0 fully saturated rings. The third kappa shape index (κ3) is 3.84. The maximum Gasteiger partial charge on any atom is 0.419 e. The van der Waals surface area contributed by atoms with Gasteiger partial charge < -0.3 is 5.73 Å². The summed E-state index contributed by atoms with van der Waals surface area (Å²) in [6.07, 6.45) is 3.05. The topological polar surface area (TPSA) is 26.0 Å². The molecule has 0 saturated heterocycles. The van der Waals surface area contributed by atoms with Crippen LogP contribution in [0.3, 0.4) is 0 Å². The Balaban J connectivity index is 2.32. The van der Waals surface area contributed by atoms with Gasteiger partial charge in [0, 0.05) is 5.56 Å². The fraction of sp³-hybridized carbons (Fsp3) is 0.500. The number of halogens is 4. The van der Waals surface area contributed by atoms with Crippen molar-refractivity contribution in [1.82, 2.24) is 0 Å². The summed E-state index contributed by atoms with van der Waals surface area (Å²) in [5.41, 5.74) is 5.55. The predicted octanol–water partition coefficient (Wildman–Crippen LogP) is 5.12. The van der Waals surface area contributed by atoms with Gasteiger partial charge in [-0.15, -0.1) is 0 Å². The molecule has 1 aromatic carbocycles. The second kappa shape index (κ2) is 6.60. The van der Waals surface area contributed by atoms with Gasteiger partial charge in [-0.2, -0.15) is 13.2 Å². The van der Waals surface area contributed by atoms with Crippen LogP contribution in [0.4, 0.5) is 17.6 Å². The molecule has 0 heterocycles. The first-order valence-electron chi connectivity index (χ1n) is 7.21. The van der Waals surface area contributed by atoms with Crippen molar-refractivity contribution in [1.29, 1.82) is 0 Å². The van der Waals surface area contributed by atoms with Crippen LogP contribution < -0.4 is 5.73 Å². The van der Waals surface area contributed by atoms with E-state index in [9.17, 15) is 17.6 Å². The van der Waals surface area contributed by atoms with Gasteiger partial charge in [0.25, 0.3) is 0 Å². The molecule has 2 N–H and O–H groups in total. The lowest BCUT2D eigenvalue weighted by Crippen LogP contribution is -2.18. The summed E-state index contributed by atoms with van der Waals surface area (Å²) in [5.74, 6) is -1.25. The molecule has 1 unspecified atom stereocenters.